The maximum atomic E-state index is 12.5. The fraction of sp³-hybridized carbons (Fsp3) is 0.919. The Kier molecular flexibility index (Phi) is 19.1. The summed E-state index contributed by atoms with van der Waals surface area (Å²) in [6.45, 7) is 0.815. The molecule has 0 aliphatic carbocycles. The second-order valence-electron chi connectivity index (χ2n) is 16.5. The first kappa shape index (κ1) is 53.5. The number of hydrogen-bond acceptors (Lipinski definition) is 25. The van der Waals surface area contributed by atoms with Crippen LogP contribution in [0.25, 0.3) is 0 Å². The van der Waals surface area contributed by atoms with Gasteiger partial charge in [0.05, 0.1) is 45.2 Å². The van der Waals surface area contributed by atoms with Gasteiger partial charge >= 0.3 is 0 Å². The zero-order chi connectivity index (χ0) is 48.2. The third kappa shape index (κ3) is 12.0. The predicted octanol–water partition coefficient (Wildman–Crippen LogP) is -10.4. The van der Waals surface area contributed by atoms with Crippen molar-refractivity contribution in [1.82, 2.24) is 16.0 Å². The molecular weight excluding hydrogens is 886 g/mol. The molecule has 3 amide bonds. The van der Waals surface area contributed by atoms with Gasteiger partial charge in [0, 0.05) is 20.8 Å². The van der Waals surface area contributed by atoms with Gasteiger partial charge < -0.3 is 125 Å². The van der Waals surface area contributed by atoms with E-state index in [4.69, 9.17) is 42.6 Å². The number of carbonyl (C=O) groups is 3. The molecule has 28 nitrogen and oxygen atoms in total. The maximum Gasteiger partial charge on any atom is 0.217 e. The Morgan fingerprint density at radius 3 is 1.20 bits per heavy atom. The fourth-order valence-electron chi connectivity index (χ4n) is 8.39. The largest absolute Gasteiger partial charge is 0.394 e. The molecule has 65 heavy (non-hydrogen) atoms. The van der Waals surface area contributed by atoms with Gasteiger partial charge in [-0.3, -0.25) is 14.4 Å². The number of aliphatic hydroxyl groups excluding tert-OH is 13. The molecule has 5 fully saturated rings. The minimum atomic E-state index is -1.93. The van der Waals surface area contributed by atoms with Crippen molar-refractivity contribution in [1.29, 1.82) is 0 Å². The Labute approximate surface area is 370 Å². The van der Waals surface area contributed by atoms with Crippen LogP contribution >= 0.6 is 0 Å². The molecule has 0 spiro atoms. The first-order valence-electron chi connectivity index (χ1n) is 20.9. The SMILES string of the molecule is CC(=O)NC1[C@H](OCC2O[C@@H](C)C(NC(C)=O)[C@@H](O[C@@H]3OC(CO)[C@@H](O[C@@H]4OC(CO)[C@H](O)[C@H](O)C4O)[C@H](O)C3NC(C)=O)[C@H]2O)OC(CO)[C@@H](O[C@@H]2OC(CO)[C@H](O)[C@H](O)C2O)[C@@H]1O. The zero-order valence-corrected chi connectivity index (χ0v) is 35.7. The van der Waals surface area contributed by atoms with E-state index in [2.05, 4.69) is 16.0 Å². The van der Waals surface area contributed by atoms with Gasteiger partial charge in [-0.15, -0.1) is 0 Å². The molecule has 0 aromatic heterocycles. The summed E-state index contributed by atoms with van der Waals surface area (Å²) in [7, 11) is 0. The van der Waals surface area contributed by atoms with Gasteiger partial charge in [-0.05, 0) is 6.92 Å². The van der Waals surface area contributed by atoms with Crippen LogP contribution in [0.3, 0.4) is 0 Å². The normalized spacial score (nSPS) is 47.1. The van der Waals surface area contributed by atoms with E-state index >= 15 is 0 Å². The third-order valence-electron chi connectivity index (χ3n) is 11.8. The summed E-state index contributed by atoms with van der Waals surface area (Å²) >= 11 is 0. The van der Waals surface area contributed by atoms with E-state index in [-0.39, 0.29) is 0 Å². The van der Waals surface area contributed by atoms with E-state index in [1.165, 1.54) is 6.92 Å². The quantitative estimate of drug-likeness (QED) is 0.0683. The molecule has 5 aliphatic rings. The molecule has 0 bridgehead atoms. The van der Waals surface area contributed by atoms with E-state index in [1.54, 1.807) is 0 Å². The Hall–Kier alpha value is -2.47. The van der Waals surface area contributed by atoms with E-state index < -0.39 is 204 Å². The number of rotatable bonds is 16. The minimum Gasteiger partial charge on any atom is -0.394 e. The minimum absolute atomic E-state index is 0.608. The molecule has 5 rings (SSSR count). The second kappa shape index (κ2) is 23.2. The number of carbonyl (C=O) groups excluding carboxylic acids is 3. The Balaban J connectivity index is 1.35. The van der Waals surface area contributed by atoms with Crippen molar-refractivity contribution in [2.45, 2.75) is 181 Å². The molecule has 28 heteroatoms. The molecule has 10 unspecified atom stereocenters. The molecule has 0 aromatic rings. The van der Waals surface area contributed by atoms with Crippen LogP contribution in [0.1, 0.15) is 27.7 Å². The molecule has 5 aliphatic heterocycles. The van der Waals surface area contributed by atoms with E-state index in [0.717, 1.165) is 20.8 Å². The summed E-state index contributed by atoms with van der Waals surface area (Å²) in [4.78, 5) is 37.2. The number of ether oxygens (including phenoxy) is 9. The molecular formula is C37H63N3O25. The van der Waals surface area contributed by atoms with Gasteiger partial charge in [0.15, 0.2) is 25.2 Å². The van der Waals surface area contributed by atoms with Gasteiger partial charge in [-0.2, -0.15) is 0 Å². The molecule has 0 saturated carbocycles. The van der Waals surface area contributed by atoms with Crippen molar-refractivity contribution >= 4 is 17.7 Å². The van der Waals surface area contributed by atoms with Crippen molar-refractivity contribution in [2.75, 3.05) is 33.0 Å². The average molecular weight is 950 g/mol. The lowest BCUT2D eigenvalue weighted by atomic mass is 9.92. The topological polar surface area (TPSA) is 433 Å². The van der Waals surface area contributed by atoms with Crippen LogP contribution in [-0.4, -0.2) is 270 Å². The van der Waals surface area contributed by atoms with Gasteiger partial charge in [0.2, 0.25) is 17.7 Å². The van der Waals surface area contributed by atoms with Crippen LogP contribution in [0, 0.1) is 0 Å². The highest BCUT2D eigenvalue weighted by Gasteiger charge is 2.56. The third-order valence-corrected chi connectivity index (χ3v) is 11.8. The first-order valence-corrected chi connectivity index (χ1v) is 20.9. The smallest absolute Gasteiger partial charge is 0.217 e. The summed E-state index contributed by atoms with van der Waals surface area (Å²) in [6, 6.07) is -4.29. The monoisotopic (exact) mass is 949 g/mol. The number of nitrogens with one attached hydrogen (secondary N) is 3. The van der Waals surface area contributed by atoms with Crippen LogP contribution in [0.2, 0.25) is 0 Å². The van der Waals surface area contributed by atoms with Crippen LogP contribution < -0.4 is 16.0 Å². The molecule has 25 atom stereocenters. The standard InChI is InChI=1S/C37H63N3O25/c1-10-19(38-11(2)45)33(65-35-21(40-13(4)47)26(52)32(17(8-44)62-35)64-37-30(56)28(54)23(49)15(6-42)60-37)24(50)18(58-10)9-57-34-20(39-12(3)46)25(51)31(16(7-43)61-34)63-36-29(55)27(53)22(48)14(5-41)59-36/h10,14-37,41-44,48-56H,5-9H2,1-4H3,(H,38,45)(H,39,46)(H,40,47)/t10-,14?,15?,16?,17?,18?,19?,20?,21?,22-,23-,24-,25+,26+,27-,28-,29?,30?,31+,32+,33+,34+,35-,36-,37-/m0/s1. The number of hydrogen-bond donors (Lipinski definition) is 16. The number of amides is 3. The van der Waals surface area contributed by atoms with Crippen molar-refractivity contribution in [3.63, 3.8) is 0 Å². The highest BCUT2D eigenvalue weighted by Crippen LogP contribution is 2.34. The lowest BCUT2D eigenvalue weighted by Crippen LogP contribution is -2.70. The van der Waals surface area contributed by atoms with Crippen LogP contribution in [-0.2, 0) is 57.0 Å². The average Bonchev–Trinajstić information content (AvgIpc) is 3.26. The highest BCUT2D eigenvalue weighted by molar-refractivity contribution is 5.74. The van der Waals surface area contributed by atoms with Crippen LogP contribution in [0.15, 0.2) is 0 Å². The molecule has 376 valence electrons. The summed E-state index contributed by atoms with van der Waals surface area (Å²) in [5, 5.41) is 144. The molecule has 5 saturated heterocycles. The van der Waals surface area contributed by atoms with Crippen molar-refractivity contribution < 1.29 is 123 Å². The summed E-state index contributed by atoms with van der Waals surface area (Å²) in [5.41, 5.74) is 0. The lowest BCUT2D eigenvalue weighted by Gasteiger charge is -2.50. The molecule has 16 N–H and O–H groups in total. The van der Waals surface area contributed by atoms with Crippen molar-refractivity contribution in [3.8, 4) is 0 Å². The predicted molar refractivity (Wildman–Crippen MR) is 205 cm³/mol. The molecule has 0 radical (unpaired) electrons. The second-order valence-corrected chi connectivity index (χ2v) is 16.5. The summed E-state index contributed by atoms with van der Waals surface area (Å²) in [5.74, 6) is -2.06. The van der Waals surface area contributed by atoms with Gasteiger partial charge in [0.25, 0.3) is 0 Å². The highest BCUT2D eigenvalue weighted by atomic mass is 16.8. The van der Waals surface area contributed by atoms with Gasteiger partial charge in [-0.1, -0.05) is 0 Å². The first-order chi connectivity index (χ1) is 30.7. The maximum absolute atomic E-state index is 12.5. The van der Waals surface area contributed by atoms with Crippen molar-refractivity contribution in [3.05, 3.63) is 0 Å². The van der Waals surface area contributed by atoms with E-state index in [9.17, 15) is 80.8 Å². The van der Waals surface area contributed by atoms with Crippen LogP contribution in [0.5, 0.6) is 0 Å². The Bertz CT molecular complexity index is 1550. The van der Waals surface area contributed by atoms with E-state index in [1.807, 2.05) is 0 Å². The van der Waals surface area contributed by atoms with Crippen molar-refractivity contribution in [2.24, 2.45) is 0 Å². The summed E-state index contributed by atoms with van der Waals surface area (Å²) < 4.78 is 52.3. The molecule has 0 aromatic carbocycles. The Morgan fingerprint density at radius 1 is 0.415 bits per heavy atom. The lowest BCUT2D eigenvalue weighted by molar-refractivity contribution is -0.358. The van der Waals surface area contributed by atoms with E-state index in [0.29, 0.717) is 0 Å². The van der Waals surface area contributed by atoms with Gasteiger partial charge in [0.1, 0.15) is 116 Å². The number of aliphatic hydroxyl groups is 13. The van der Waals surface area contributed by atoms with Gasteiger partial charge in [-0.25, -0.2) is 0 Å². The fourth-order valence-corrected chi connectivity index (χ4v) is 8.39. The van der Waals surface area contributed by atoms with Crippen LogP contribution in [0.4, 0.5) is 0 Å². The molecule has 5 heterocycles. The zero-order valence-electron chi connectivity index (χ0n) is 35.7. The Morgan fingerprint density at radius 2 is 0.785 bits per heavy atom. The summed E-state index contributed by atoms with van der Waals surface area (Å²) in [6.07, 6.45) is -36.6.